The first-order valence-electron chi connectivity index (χ1n) is 6.39. The summed E-state index contributed by atoms with van der Waals surface area (Å²) in [5.41, 5.74) is 0.738. The molecule has 1 heterocycles. The molecule has 0 saturated carbocycles. The average Bonchev–Trinajstić information content (AvgIpc) is 2.69. The van der Waals surface area contributed by atoms with Gasteiger partial charge < -0.3 is 15.0 Å². The van der Waals surface area contributed by atoms with Crippen LogP contribution in [0.1, 0.15) is 12.0 Å². The van der Waals surface area contributed by atoms with Crippen LogP contribution in [0.3, 0.4) is 0 Å². The molecule has 0 aromatic heterocycles. The first kappa shape index (κ1) is 14.5. The summed E-state index contributed by atoms with van der Waals surface area (Å²) in [5, 5.41) is 2.74. The molecule has 1 saturated heterocycles. The van der Waals surface area contributed by atoms with Gasteiger partial charge in [0.1, 0.15) is 12.4 Å². The summed E-state index contributed by atoms with van der Waals surface area (Å²) in [7, 11) is 1.44. The quantitative estimate of drug-likeness (QED) is 0.863. The molecule has 0 spiro atoms. The van der Waals surface area contributed by atoms with Crippen molar-refractivity contribution in [1.29, 1.82) is 0 Å². The molecule has 2 rings (SSSR count). The number of methoxy groups -OCH3 is 1. The second-order valence-electron chi connectivity index (χ2n) is 4.81. The largest absolute Gasteiger partial charge is 0.375 e. The number of carbonyl (C=O) groups is 2. The fourth-order valence-electron chi connectivity index (χ4n) is 2.28. The standard InChI is InChI=1S/C14H17FN2O3/c1-20-9-13(18)16-12-6-14(19)17(8-12)7-10-3-2-4-11(15)5-10/h2-5,12H,6-9H2,1H3,(H,16,18)/t12-/m0/s1. The van der Waals surface area contributed by atoms with E-state index in [2.05, 4.69) is 5.32 Å². The Labute approximate surface area is 116 Å². The fourth-order valence-corrected chi connectivity index (χ4v) is 2.28. The number of rotatable bonds is 5. The van der Waals surface area contributed by atoms with Crippen molar-refractivity contribution in [1.82, 2.24) is 10.2 Å². The van der Waals surface area contributed by atoms with Gasteiger partial charge in [0.2, 0.25) is 11.8 Å². The summed E-state index contributed by atoms with van der Waals surface area (Å²) in [5.74, 6) is -0.603. The third-order valence-corrected chi connectivity index (χ3v) is 3.12. The minimum atomic E-state index is -0.320. The predicted molar refractivity (Wildman–Crippen MR) is 70.2 cm³/mol. The monoisotopic (exact) mass is 280 g/mol. The predicted octanol–water partition coefficient (Wildman–Crippen LogP) is 0.689. The highest BCUT2D eigenvalue weighted by atomic mass is 19.1. The highest BCUT2D eigenvalue weighted by molar-refractivity contribution is 5.82. The van der Waals surface area contributed by atoms with Gasteiger partial charge in [0.15, 0.2) is 0 Å². The lowest BCUT2D eigenvalue weighted by Crippen LogP contribution is -2.38. The van der Waals surface area contributed by atoms with E-state index in [1.165, 1.54) is 19.2 Å². The maximum atomic E-state index is 13.1. The van der Waals surface area contributed by atoms with Crippen molar-refractivity contribution in [3.63, 3.8) is 0 Å². The Morgan fingerprint density at radius 2 is 2.35 bits per heavy atom. The van der Waals surface area contributed by atoms with Crippen LogP contribution in [0.15, 0.2) is 24.3 Å². The van der Waals surface area contributed by atoms with Crippen molar-refractivity contribution in [3.05, 3.63) is 35.6 Å². The molecular formula is C14H17FN2O3. The van der Waals surface area contributed by atoms with E-state index in [0.29, 0.717) is 13.1 Å². The molecule has 6 heteroatoms. The molecule has 1 N–H and O–H groups in total. The van der Waals surface area contributed by atoms with Crippen LogP contribution in [-0.2, 0) is 20.9 Å². The lowest BCUT2D eigenvalue weighted by atomic mass is 10.2. The van der Waals surface area contributed by atoms with Gasteiger partial charge in [0, 0.05) is 26.6 Å². The van der Waals surface area contributed by atoms with E-state index in [1.54, 1.807) is 17.0 Å². The number of nitrogens with zero attached hydrogens (tertiary/aromatic N) is 1. The molecule has 0 aliphatic carbocycles. The number of amides is 2. The Hall–Kier alpha value is -1.95. The molecule has 1 atom stereocenters. The molecule has 0 radical (unpaired) electrons. The summed E-state index contributed by atoms with van der Waals surface area (Å²) in [6.45, 7) is 0.770. The summed E-state index contributed by atoms with van der Waals surface area (Å²) in [4.78, 5) is 24.9. The Bertz CT molecular complexity index is 507. The normalized spacial score (nSPS) is 18.4. The van der Waals surface area contributed by atoms with E-state index >= 15 is 0 Å². The van der Waals surface area contributed by atoms with Crippen LogP contribution in [-0.4, -0.2) is 43.0 Å². The van der Waals surface area contributed by atoms with Gasteiger partial charge in [-0.1, -0.05) is 12.1 Å². The topological polar surface area (TPSA) is 58.6 Å². The second-order valence-corrected chi connectivity index (χ2v) is 4.81. The summed E-state index contributed by atoms with van der Waals surface area (Å²) in [6.07, 6.45) is 0.269. The van der Waals surface area contributed by atoms with Crippen molar-refractivity contribution in [3.8, 4) is 0 Å². The number of benzene rings is 1. The van der Waals surface area contributed by atoms with E-state index in [1.807, 2.05) is 0 Å². The van der Waals surface area contributed by atoms with Crippen LogP contribution in [0.4, 0.5) is 4.39 Å². The highest BCUT2D eigenvalue weighted by Gasteiger charge is 2.30. The van der Waals surface area contributed by atoms with Crippen LogP contribution in [0.5, 0.6) is 0 Å². The fraction of sp³-hybridized carbons (Fsp3) is 0.429. The van der Waals surface area contributed by atoms with E-state index in [9.17, 15) is 14.0 Å². The first-order valence-corrected chi connectivity index (χ1v) is 6.39. The summed E-state index contributed by atoms with van der Waals surface area (Å²) in [6, 6.07) is 5.95. The molecule has 1 aliphatic heterocycles. The highest BCUT2D eigenvalue weighted by Crippen LogP contribution is 2.15. The molecular weight excluding hydrogens is 263 g/mol. The van der Waals surface area contributed by atoms with Crippen LogP contribution in [0.2, 0.25) is 0 Å². The van der Waals surface area contributed by atoms with E-state index < -0.39 is 0 Å². The first-order chi connectivity index (χ1) is 9.58. The lowest BCUT2D eigenvalue weighted by molar-refractivity contribution is -0.128. The van der Waals surface area contributed by atoms with E-state index in [0.717, 1.165) is 5.56 Å². The Kier molecular flexibility index (Phi) is 4.68. The maximum absolute atomic E-state index is 13.1. The third kappa shape index (κ3) is 3.77. The van der Waals surface area contributed by atoms with Gasteiger partial charge in [0.25, 0.3) is 0 Å². The molecule has 2 amide bonds. The van der Waals surface area contributed by atoms with Gasteiger partial charge in [0.05, 0.1) is 6.04 Å². The van der Waals surface area contributed by atoms with Gasteiger partial charge >= 0.3 is 0 Å². The van der Waals surface area contributed by atoms with Gasteiger partial charge in [-0.2, -0.15) is 0 Å². The van der Waals surface area contributed by atoms with Crippen LogP contribution < -0.4 is 5.32 Å². The number of nitrogens with one attached hydrogen (secondary N) is 1. The molecule has 1 fully saturated rings. The molecule has 108 valence electrons. The minimum absolute atomic E-state index is 0.0193. The molecule has 0 bridgehead atoms. The van der Waals surface area contributed by atoms with Crippen molar-refractivity contribution in [2.24, 2.45) is 0 Å². The smallest absolute Gasteiger partial charge is 0.246 e. The zero-order valence-electron chi connectivity index (χ0n) is 11.3. The molecule has 1 aromatic carbocycles. The number of halogens is 1. The van der Waals surface area contributed by atoms with Crippen molar-refractivity contribution in [2.45, 2.75) is 19.0 Å². The number of carbonyl (C=O) groups excluding carboxylic acids is 2. The number of likely N-dealkylation sites (tertiary alicyclic amines) is 1. The van der Waals surface area contributed by atoms with E-state index in [4.69, 9.17) is 4.74 Å². The summed E-state index contributed by atoms with van der Waals surface area (Å²) < 4.78 is 17.8. The Morgan fingerprint density at radius 1 is 1.55 bits per heavy atom. The Morgan fingerprint density at radius 3 is 3.05 bits per heavy atom. The minimum Gasteiger partial charge on any atom is -0.375 e. The summed E-state index contributed by atoms with van der Waals surface area (Å²) >= 11 is 0. The molecule has 5 nitrogen and oxygen atoms in total. The number of hydrogen-bond acceptors (Lipinski definition) is 3. The van der Waals surface area contributed by atoms with Gasteiger partial charge in [-0.3, -0.25) is 9.59 Å². The van der Waals surface area contributed by atoms with Crippen LogP contribution >= 0.6 is 0 Å². The third-order valence-electron chi connectivity index (χ3n) is 3.12. The van der Waals surface area contributed by atoms with Gasteiger partial charge in [-0.25, -0.2) is 4.39 Å². The van der Waals surface area contributed by atoms with E-state index in [-0.39, 0.29) is 36.7 Å². The maximum Gasteiger partial charge on any atom is 0.246 e. The molecule has 20 heavy (non-hydrogen) atoms. The number of ether oxygens (including phenoxy) is 1. The molecule has 0 unspecified atom stereocenters. The lowest BCUT2D eigenvalue weighted by Gasteiger charge is -2.17. The van der Waals surface area contributed by atoms with Crippen molar-refractivity contribution >= 4 is 11.8 Å². The average molecular weight is 280 g/mol. The zero-order chi connectivity index (χ0) is 14.5. The molecule has 1 aromatic rings. The molecule has 1 aliphatic rings. The zero-order valence-corrected chi connectivity index (χ0v) is 11.3. The van der Waals surface area contributed by atoms with Crippen LogP contribution in [0, 0.1) is 5.82 Å². The Balaban J connectivity index is 1.91. The van der Waals surface area contributed by atoms with Crippen molar-refractivity contribution < 1.29 is 18.7 Å². The second kappa shape index (κ2) is 6.47. The van der Waals surface area contributed by atoms with Crippen molar-refractivity contribution in [2.75, 3.05) is 20.3 Å². The van der Waals surface area contributed by atoms with Crippen LogP contribution in [0.25, 0.3) is 0 Å². The SMILES string of the molecule is COCC(=O)N[C@H]1CC(=O)N(Cc2cccc(F)c2)C1. The van der Waals surface area contributed by atoms with Gasteiger partial charge in [-0.05, 0) is 17.7 Å². The van der Waals surface area contributed by atoms with Gasteiger partial charge in [-0.15, -0.1) is 0 Å². The number of hydrogen-bond donors (Lipinski definition) is 1.